The predicted molar refractivity (Wildman–Crippen MR) is 78.0 cm³/mol. The molecule has 0 aliphatic heterocycles. The molecule has 0 radical (unpaired) electrons. The zero-order chi connectivity index (χ0) is 14.0. The Morgan fingerprint density at radius 2 is 2.21 bits per heavy atom. The number of hydrogen-bond donors (Lipinski definition) is 3. The fourth-order valence-corrected chi connectivity index (χ4v) is 2.36. The summed E-state index contributed by atoms with van der Waals surface area (Å²) in [6, 6.07) is 5.39. The summed E-state index contributed by atoms with van der Waals surface area (Å²) in [6.07, 6.45) is 1.92. The van der Waals surface area contributed by atoms with Gasteiger partial charge in [-0.05, 0) is 23.6 Å². The molecule has 0 aliphatic carbocycles. The Balaban J connectivity index is 2.15. The number of benzene rings is 1. The van der Waals surface area contributed by atoms with E-state index >= 15 is 0 Å². The molecule has 0 aliphatic rings. The summed E-state index contributed by atoms with van der Waals surface area (Å²) < 4.78 is 0. The highest BCUT2D eigenvalue weighted by molar-refractivity contribution is 6.31. The highest BCUT2D eigenvalue weighted by Crippen LogP contribution is 2.22. The van der Waals surface area contributed by atoms with Crippen LogP contribution in [-0.4, -0.2) is 16.9 Å². The van der Waals surface area contributed by atoms with Gasteiger partial charge in [0.2, 0.25) is 5.91 Å². The highest BCUT2D eigenvalue weighted by Gasteiger charge is 2.18. The van der Waals surface area contributed by atoms with E-state index < -0.39 is 0 Å². The van der Waals surface area contributed by atoms with Gasteiger partial charge in [-0.1, -0.05) is 31.5 Å². The number of primary amides is 1. The first-order valence-corrected chi connectivity index (χ1v) is 6.65. The number of nitrogens with one attached hydrogen (secondary N) is 2. The minimum atomic E-state index is -0.322. The summed E-state index contributed by atoms with van der Waals surface area (Å²) in [5.41, 5.74) is 7.47. The Hall–Kier alpha value is -1.52. The van der Waals surface area contributed by atoms with Crippen molar-refractivity contribution in [3.8, 4) is 0 Å². The van der Waals surface area contributed by atoms with Crippen molar-refractivity contribution >= 4 is 28.4 Å². The third kappa shape index (κ3) is 3.08. The van der Waals surface area contributed by atoms with Gasteiger partial charge in [-0.25, -0.2) is 0 Å². The van der Waals surface area contributed by atoms with Crippen molar-refractivity contribution in [2.75, 3.05) is 0 Å². The smallest absolute Gasteiger partial charge is 0.234 e. The normalized spacial score (nSPS) is 13.1. The molecule has 0 spiro atoms. The average Bonchev–Trinajstić information content (AvgIpc) is 2.71. The second kappa shape index (κ2) is 5.63. The van der Waals surface area contributed by atoms with Crippen LogP contribution in [0.4, 0.5) is 0 Å². The molecular weight excluding hydrogens is 262 g/mol. The van der Waals surface area contributed by atoms with E-state index in [1.54, 1.807) is 0 Å². The van der Waals surface area contributed by atoms with Crippen LogP contribution in [0, 0.1) is 5.92 Å². The number of nitrogens with two attached hydrogens (primary N) is 1. The van der Waals surface area contributed by atoms with Crippen molar-refractivity contribution in [1.82, 2.24) is 10.3 Å². The van der Waals surface area contributed by atoms with Crippen molar-refractivity contribution in [2.24, 2.45) is 11.7 Å². The maximum absolute atomic E-state index is 11.3. The molecule has 19 heavy (non-hydrogen) atoms. The SMILES string of the molecule is CC(C)C(NCc1c[nH]c2cc(Cl)ccc12)C(N)=O. The Morgan fingerprint density at radius 3 is 2.84 bits per heavy atom. The maximum atomic E-state index is 11.3. The van der Waals surface area contributed by atoms with Crippen LogP contribution in [0.2, 0.25) is 5.02 Å². The fourth-order valence-electron chi connectivity index (χ4n) is 2.19. The van der Waals surface area contributed by atoms with E-state index in [2.05, 4.69) is 10.3 Å². The van der Waals surface area contributed by atoms with Crippen LogP contribution < -0.4 is 11.1 Å². The predicted octanol–water partition coefficient (Wildman–Crippen LogP) is 2.42. The van der Waals surface area contributed by atoms with Gasteiger partial charge in [0.15, 0.2) is 0 Å². The van der Waals surface area contributed by atoms with Gasteiger partial charge in [-0.3, -0.25) is 4.79 Å². The number of H-pyrrole nitrogens is 1. The van der Waals surface area contributed by atoms with Crippen molar-refractivity contribution in [1.29, 1.82) is 0 Å². The number of aromatic nitrogens is 1. The molecule has 102 valence electrons. The molecular formula is C14H18ClN3O. The molecule has 4 N–H and O–H groups in total. The van der Waals surface area contributed by atoms with Gasteiger partial charge in [-0.2, -0.15) is 0 Å². The largest absolute Gasteiger partial charge is 0.368 e. The van der Waals surface area contributed by atoms with Crippen LogP contribution in [0.1, 0.15) is 19.4 Å². The lowest BCUT2D eigenvalue weighted by Crippen LogP contribution is -2.44. The van der Waals surface area contributed by atoms with Gasteiger partial charge in [0.05, 0.1) is 6.04 Å². The molecule has 2 aromatic rings. The van der Waals surface area contributed by atoms with Gasteiger partial charge in [0.1, 0.15) is 0 Å². The quantitative estimate of drug-likeness (QED) is 0.787. The van der Waals surface area contributed by atoms with E-state index in [9.17, 15) is 4.79 Å². The van der Waals surface area contributed by atoms with Gasteiger partial charge < -0.3 is 16.0 Å². The van der Waals surface area contributed by atoms with Gasteiger partial charge in [0.25, 0.3) is 0 Å². The van der Waals surface area contributed by atoms with Crippen LogP contribution in [0.15, 0.2) is 24.4 Å². The summed E-state index contributed by atoms with van der Waals surface area (Å²) >= 11 is 5.94. The molecule has 0 bridgehead atoms. The maximum Gasteiger partial charge on any atom is 0.234 e. The Morgan fingerprint density at radius 1 is 1.47 bits per heavy atom. The minimum absolute atomic E-state index is 0.164. The van der Waals surface area contributed by atoms with Crippen LogP contribution >= 0.6 is 11.6 Å². The number of carbonyl (C=O) groups is 1. The zero-order valence-electron chi connectivity index (χ0n) is 11.0. The van der Waals surface area contributed by atoms with Gasteiger partial charge in [-0.15, -0.1) is 0 Å². The lowest BCUT2D eigenvalue weighted by molar-refractivity contribution is -0.121. The van der Waals surface area contributed by atoms with Crippen molar-refractivity contribution in [3.63, 3.8) is 0 Å². The molecule has 0 saturated carbocycles. The summed E-state index contributed by atoms with van der Waals surface area (Å²) in [6.45, 7) is 4.53. The number of carbonyl (C=O) groups excluding carboxylic acids is 1. The number of halogens is 1. The minimum Gasteiger partial charge on any atom is -0.368 e. The second-order valence-electron chi connectivity index (χ2n) is 5.01. The number of rotatable bonds is 5. The first kappa shape index (κ1) is 13.9. The van der Waals surface area contributed by atoms with E-state index in [0.29, 0.717) is 11.6 Å². The molecule has 1 heterocycles. The fraction of sp³-hybridized carbons (Fsp3) is 0.357. The first-order chi connectivity index (χ1) is 8.99. The summed E-state index contributed by atoms with van der Waals surface area (Å²) in [5, 5.41) is 5.00. The summed E-state index contributed by atoms with van der Waals surface area (Å²) in [5.74, 6) is -0.157. The topological polar surface area (TPSA) is 70.9 Å². The van der Waals surface area contributed by atoms with Crippen molar-refractivity contribution in [2.45, 2.75) is 26.4 Å². The molecule has 5 heteroatoms. The molecule has 2 rings (SSSR count). The third-order valence-corrected chi connectivity index (χ3v) is 3.45. The molecule has 4 nitrogen and oxygen atoms in total. The number of fused-ring (bicyclic) bond motifs is 1. The summed E-state index contributed by atoms with van der Waals surface area (Å²) in [4.78, 5) is 14.5. The molecule has 1 amide bonds. The standard InChI is InChI=1S/C14H18ClN3O/c1-8(2)13(14(16)19)18-7-9-6-17-12-5-10(15)3-4-11(9)12/h3-6,8,13,17-18H,7H2,1-2H3,(H2,16,19). The number of amides is 1. The first-order valence-electron chi connectivity index (χ1n) is 6.27. The van der Waals surface area contributed by atoms with E-state index in [4.69, 9.17) is 17.3 Å². The number of aromatic amines is 1. The molecule has 0 fully saturated rings. The molecule has 1 unspecified atom stereocenters. The third-order valence-electron chi connectivity index (χ3n) is 3.22. The molecule has 1 aromatic heterocycles. The second-order valence-corrected chi connectivity index (χ2v) is 5.45. The van der Waals surface area contributed by atoms with Crippen LogP contribution in [0.5, 0.6) is 0 Å². The Bertz CT molecular complexity index is 591. The lowest BCUT2D eigenvalue weighted by atomic mass is 10.0. The van der Waals surface area contributed by atoms with Crippen LogP contribution in [0.25, 0.3) is 10.9 Å². The highest BCUT2D eigenvalue weighted by atomic mass is 35.5. The van der Waals surface area contributed by atoms with Crippen molar-refractivity contribution in [3.05, 3.63) is 35.0 Å². The van der Waals surface area contributed by atoms with Crippen LogP contribution in [-0.2, 0) is 11.3 Å². The zero-order valence-corrected chi connectivity index (χ0v) is 11.8. The van der Waals surface area contributed by atoms with Crippen molar-refractivity contribution < 1.29 is 4.79 Å². The average molecular weight is 280 g/mol. The van der Waals surface area contributed by atoms with Gasteiger partial charge >= 0.3 is 0 Å². The van der Waals surface area contributed by atoms with Gasteiger partial charge in [0, 0.05) is 28.7 Å². The lowest BCUT2D eigenvalue weighted by Gasteiger charge is -2.18. The number of hydrogen-bond acceptors (Lipinski definition) is 2. The Kier molecular flexibility index (Phi) is 4.12. The van der Waals surface area contributed by atoms with E-state index in [-0.39, 0.29) is 17.9 Å². The van der Waals surface area contributed by atoms with E-state index in [1.165, 1.54) is 0 Å². The van der Waals surface area contributed by atoms with E-state index in [1.807, 2.05) is 38.2 Å². The summed E-state index contributed by atoms with van der Waals surface area (Å²) in [7, 11) is 0. The monoisotopic (exact) mass is 279 g/mol. The van der Waals surface area contributed by atoms with E-state index in [0.717, 1.165) is 16.5 Å². The Labute approximate surface area is 117 Å². The molecule has 1 aromatic carbocycles. The molecule has 0 saturated heterocycles. The molecule has 1 atom stereocenters. The van der Waals surface area contributed by atoms with Crippen LogP contribution in [0.3, 0.4) is 0 Å².